The van der Waals surface area contributed by atoms with Gasteiger partial charge >= 0.3 is 0 Å². The van der Waals surface area contributed by atoms with Gasteiger partial charge in [0.25, 0.3) is 0 Å². The van der Waals surface area contributed by atoms with Crippen LogP contribution in [0.2, 0.25) is 0 Å². The molecule has 2 aromatic heterocycles. The minimum absolute atomic E-state index is 0.0240. The van der Waals surface area contributed by atoms with Crippen molar-refractivity contribution in [2.24, 2.45) is 0 Å². The van der Waals surface area contributed by atoms with Crippen molar-refractivity contribution in [3.63, 3.8) is 0 Å². The SMILES string of the molecule is Cc1cccc(-c2noc(CNC(C)(C)C)n2)n1. The first-order chi connectivity index (χ1) is 8.44. The summed E-state index contributed by atoms with van der Waals surface area (Å²) in [4.78, 5) is 8.68. The van der Waals surface area contributed by atoms with E-state index >= 15 is 0 Å². The summed E-state index contributed by atoms with van der Waals surface area (Å²) in [6.07, 6.45) is 0. The van der Waals surface area contributed by atoms with E-state index in [1.807, 2.05) is 25.1 Å². The van der Waals surface area contributed by atoms with E-state index in [4.69, 9.17) is 4.52 Å². The lowest BCUT2D eigenvalue weighted by atomic mass is 10.1. The van der Waals surface area contributed by atoms with Gasteiger partial charge in [-0.25, -0.2) is 4.98 Å². The third-order valence-corrected chi connectivity index (χ3v) is 2.36. The second-order valence-electron chi connectivity index (χ2n) is 5.28. The molecule has 0 atom stereocenters. The van der Waals surface area contributed by atoms with Gasteiger partial charge in [0, 0.05) is 11.2 Å². The second kappa shape index (κ2) is 4.86. The zero-order chi connectivity index (χ0) is 13.2. The molecule has 2 heterocycles. The second-order valence-corrected chi connectivity index (χ2v) is 5.28. The Morgan fingerprint density at radius 1 is 1.22 bits per heavy atom. The fourth-order valence-electron chi connectivity index (χ4n) is 1.44. The molecule has 0 aliphatic rings. The maximum atomic E-state index is 5.19. The van der Waals surface area contributed by atoms with E-state index in [2.05, 4.69) is 41.2 Å². The molecule has 2 aromatic rings. The molecule has 18 heavy (non-hydrogen) atoms. The molecule has 0 amide bonds. The van der Waals surface area contributed by atoms with Crippen molar-refractivity contribution in [3.8, 4) is 11.5 Å². The number of hydrogen-bond acceptors (Lipinski definition) is 5. The number of aromatic nitrogens is 3. The monoisotopic (exact) mass is 246 g/mol. The first-order valence-corrected chi connectivity index (χ1v) is 5.96. The van der Waals surface area contributed by atoms with Gasteiger partial charge in [-0.15, -0.1) is 0 Å². The van der Waals surface area contributed by atoms with Crippen LogP contribution in [0.15, 0.2) is 22.7 Å². The van der Waals surface area contributed by atoms with Crippen LogP contribution in [0, 0.1) is 6.92 Å². The van der Waals surface area contributed by atoms with E-state index in [1.54, 1.807) is 0 Å². The van der Waals surface area contributed by atoms with Crippen molar-refractivity contribution in [1.29, 1.82) is 0 Å². The number of hydrogen-bond donors (Lipinski definition) is 1. The summed E-state index contributed by atoms with van der Waals surface area (Å²) in [6.45, 7) is 8.76. The van der Waals surface area contributed by atoms with E-state index in [0.29, 0.717) is 18.3 Å². The van der Waals surface area contributed by atoms with Gasteiger partial charge in [-0.3, -0.25) is 0 Å². The van der Waals surface area contributed by atoms with Crippen LogP contribution >= 0.6 is 0 Å². The van der Waals surface area contributed by atoms with Crippen LogP contribution in [0.25, 0.3) is 11.5 Å². The van der Waals surface area contributed by atoms with Gasteiger partial charge in [-0.2, -0.15) is 4.98 Å². The average molecular weight is 246 g/mol. The summed E-state index contributed by atoms with van der Waals surface area (Å²) in [5.74, 6) is 1.10. The van der Waals surface area contributed by atoms with Crippen LogP contribution in [-0.4, -0.2) is 20.7 Å². The Labute approximate surface area is 107 Å². The number of aryl methyl sites for hydroxylation is 1. The molecule has 0 saturated heterocycles. The zero-order valence-corrected chi connectivity index (χ0v) is 11.2. The Bertz CT molecular complexity index is 528. The molecule has 1 N–H and O–H groups in total. The van der Waals surface area contributed by atoms with Gasteiger partial charge in [-0.05, 0) is 39.8 Å². The topological polar surface area (TPSA) is 63.8 Å². The van der Waals surface area contributed by atoms with Gasteiger partial charge in [0.05, 0.1) is 6.54 Å². The molecule has 5 nitrogen and oxygen atoms in total. The van der Waals surface area contributed by atoms with Crippen molar-refractivity contribution in [1.82, 2.24) is 20.4 Å². The Morgan fingerprint density at radius 3 is 2.67 bits per heavy atom. The lowest BCUT2D eigenvalue weighted by molar-refractivity contribution is 0.336. The van der Waals surface area contributed by atoms with E-state index in [1.165, 1.54) is 0 Å². The molecule has 0 saturated carbocycles. The van der Waals surface area contributed by atoms with Crippen molar-refractivity contribution in [2.75, 3.05) is 0 Å². The molecule has 0 fully saturated rings. The molecule has 5 heteroatoms. The minimum Gasteiger partial charge on any atom is -0.337 e. The van der Waals surface area contributed by atoms with E-state index in [-0.39, 0.29) is 5.54 Å². The fraction of sp³-hybridized carbons (Fsp3) is 0.462. The van der Waals surface area contributed by atoms with Gasteiger partial charge in [0.1, 0.15) is 5.69 Å². The molecular formula is C13H18N4O. The summed E-state index contributed by atoms with van der Waals surface area (Å²) in [5, 5.41) is 7.24. The Hall–Kier alpha value is -1.75. The summed E-state index contributed by atoms with van der Waals surface area (Å²) in [7, 11) is 0. The maximum Gasteiger partial charge on any atom is 0.240 e. The maximum absolute atomic E-state index is 5.19. The first-order valence-electron chi connectivity index (χ1n) is 5.96. The molecule has 0 aliphatic carbocycles. The largest absolute Gasteiger partial charge is 0.337 e. The van der Waals surface area contributed by atoms with E-state index in [9.17, 15) is 0 Å². The van der Waals surface area contributed by atoms with Gasteiger partial charge in [0.15, 0.2) is 0 Å². The highest BCUT2D eigenvalue weighted by molar-refractivity contribution is 5.47. The summed E-state index contributed by atoms with van der Waals surface area (Å²) in [5.41, 5.74) is 1.70. The standard InChI is InChI=1S/C13H18N4O/c1-9-6-5-7-10(15-9)12-16-11(18-17-12)8-14-13(2,3)4/h5-7,14H,8H2,1-4H3. The smallest absolute Gasteiger partial charge is 0.240 e. The summed E-state index contributed by atoms with van der Waals surface area (Å²) in [6, 6.07) is 5.74. The predicted molar refractivity (Wildman–Crippen MR) is 68.9 cm³/mol. The van der Waals surface area contributed by atoms with Crippen molar-refractivity contribution < 1.29 is 4.52 Å². The molecule has 2 rings (SSSR count). The van der Waals surface area contributed by atoms with Gasteiger partial charge in [0.2, 0.25) is 11.7 Å². The van der Waals surface area contributed by atoms with E-state index in [0.717, 1.165) is 11.4 Å². The summed E-state index contributed by atoms with van der Waals surface area (Å²) < 4.78 is 5.19. The van der Waals surface area contributed by atoms with Gasteiger partial charge in [-0.1, -0.05) is 11.2 Å². The van der Waals surface area contributed by atoms with Crippen LogP contribution in [0.1, 0.15) is 32.4 Å². The Morgan fingerprint density at radius 2 is 2.00 bits per heavy atom. The highest BCUT2D eigenvalue weighted by Gasteiger charge is 2.13. The molecule has 96 valence electrons. The highest BCUT2D eigenvalue weighted by atomic mass is 16.5. The average Bonchev–Trinajstić information content (AvgIpc) is 2.74. The van der Waals surface area contributed by atoms with Crippen molar-refractivity contribution in [2.45, 2.75) is 39.8 Å². The molecule has 0 aliphatic heterocycles. The number of nitrogens with zero attached hydrogens (tertiary/aromatic N) is 3. The van der Waals surface area contributed by atoms with Crippen molar-refractivity contribution in [3.05, 3.63) is 29.8 Å². The number of pyridine rings is 1. The molecular weight excluding hydrogens is 228 g/mol. The van der Waals surface area contributed by atoms with Crippen LogP contribution in [0.3, 0.4) is 0 Å². The molecule has 0 radical (unpaired) electrons. The third kappa shape index (κ3) is 3.37. The summed E-state index contributed by atoms with van der Waals surface area (Å²) >= 11 is 0. The fourth-order valence-corrected chi connectivity index (χ4v) is 1.44. The first kappa shape index (κ1) is 12.7. The lowest BCUT2D eigenvalue weighted by Crippen LogP contribution is -2.35. The lowest BCUT2D eigenvalue weighted by Gasteiger charge is -2.18. The van der Waals surface area contributed by atoms with Crippen LogP contribution < -0.4 is 5.32 Å². The Balaban J connectivity index is 2.11. The minimum atomic E-state index is 0.0240. The Kier molecular flexibility index (Phi) is 3.43. The number of nitrogens with one attached hydrogen (secondary N) is 1. The predicted octanol–water partition coefficient (Wildman–Crippen LogP) is 2.33. The molecule has 0 aromatic carbocycles. The quantitative estimate of drug-likeness (QED) is 0.900. The van der Waals surface area contributed by atoms with Crippen LogP contribution in [-0.2, 0) is 6.54 Å². The van der Waals surface area contributed by atoms with Crippen LogP contribution in [0.4, 0.5) is 0 Å². The third-order valence-electron chi connectivity index (χ3n) is 2.36. The molecule has 0 bridgehead atoms. The van der Waals surface area contributed by atoms with E-state index < -0.39 is 0 Å². The van der Waals surface area contributed by atoms with Crippen molar-refractivity contribution >= 4 is 0 Å². The number of rotatable bonds is 3. The van der Waals surface area contributed by atoms with Crippen LogP contribution in [0.5, 0.6) is 0 Å². The normalized spacial score (nSPS) is 11.8. The molecule has 0 unspecified atom stereocenters. The molecule has 0 spiro atoms. The van der Waals surface area contributed by atoms with Gasteiger partial charge < -0.3 is 9.84 Å². The zero-order valence-electron chi connectivity index (χ0n) is 11.2. The highest BCUT2D eigenvalue weighted by Crippen LogP contribution is 2.13.